The Kier molecular flexibility index (Phi) is 5.89. The van der Waals surface area contributed by atoms with Crippen molar-refractivity contribution in [1.82, 2.24) is 25.1 Å². The van der Waals surface area contributed by atoms with Crippen LogP contribution in [0.1, 0.15) is 31.2 Å². The van der Waals surface area contributed by atoms with Gasteiger partial charge in [0.15, 0.2) is 5.82 Å². The number of thiophene rings is 1. The van der Waals surface area contributed by atoms with Gasteiger partial charge in [0.25, 0.3) is 5.91 Å². The van der Waals surface area contributed by atoms with E-state index in [9.17, 15) is 4.79 Å². The zero-order chi connectivity index (χ0) is 22.8. The first-order valence-electron chi connectivity index (χ1n) is 10.7. The average Bonchev–Trinajstić information content (AvgIpc) is 3.44. The number of carbonyl (C=O) groups is 1. The number of nitrogens with zero attached hydrogens (tertiary/aromatic N) is 4. The van der Waals surface area contributed by atoms with E-state index in [0.717, 1.165) is 45.9 Å². The molecule has 0 bridgehead atoms. The fourth-order valence-corrected chi connectivity index (χ4v) is 4.82. The summed E-state index contributed by atoms with van der Waals surface area (Å²) in [6.45, 7) is 3.84. The number of ether oxygens (including phenoxy) is 1. The van der Waals surface area contributed by atoms with Crippen molar-refractivity contribution < 1.29 is 9.53 Å². The van der Waals surface area contributed by atoms with E-state index < -0.39 is 0 Å². The number of amides is 1. The molecule has 0 radical (unpaired) electrons. The Morgan fingerprint density at radius 2 is 2.15 bits per heavy atom. The van der Waals surface area contributed by atoms with E-state index in [0.29, 0.717) is 24.9 Å². The number of aromatic nitrogens is 4. The molecule has 2 N–H and O–H groups in total. The Morgan fingerprint density at radius 1 is 1.24 bits per heavy atom. The van der Waals surface area contributed by atoms with Crippen molar-refractivity contribution in [1.29, 1.82) is 0 Å². The van der Waals surface area contributed by atoms with Crippen LogP contribution in [-0.2, 0) is 31.4 Å². The minimum Gasteiger partial charge on any atom is -0.376 e. The Morgan fingerprint density at radius 3 is 2.94 bits per heavy atom. The molecule has 3 aromatic heterocycles. The lowest BCUT2D eigenvalue weighted by atomic mass is 10.0. The van der Waals surface area contributed by atoms with Crippen molar-refractivity contribution in [3.05, 3.63) is 75.2 Å². The highest BCUT2D eigenvalue weighted by Crippen LogP contribution is 2.27. The second-order valence-corrected chi connectivity index (χ2v) is 9.09. The molecule has 1 aliphatic rings. The largest absolute Gasteiger partial charge is 0.376 e. The molecule has 0 saturated carbocycles. The van der Waals surface area contributed by atoms with Gasteiger partial charge >= 0.3 is 0 Å². The molecule has 0 saturated heterocycles. The molecule has 0 aliphatic carbocycles. The lowest BCUT2D eigenvalue weighted by molar-refractivity contribution is 0.0954. The SMILES string of the molecule is Cc1cc(-c2ccnc(Nc3ccn(C)n3)n2)ccc1CNC(=O)c1cc2c(s1)CCOC2. The van der Waals surface area contributed by atoms with E-state index in [1.807, 2.05) is 50.5 Å². The fourth-order valence-electron chi connectivity index (χ4n) is 3.75. The fraction of sp³-hybridized carbons (Fsp3) is 0.250. The second-order valence-electron chi connectivity index (χ2n) is 7.95. The van der Waals surface area contributed by atoms with Crippen LogP contribution in [0.25, 0.3) is 11.3 Å². The number of benzene rings is 1. The molecule has 0 unspecified atom stereocenters. The number of aryl methyl sites for hydroxylation is 2. The molecule has 5 rings (SSSR count). The molecule has 4 heterocycles. The van der Waals surface area contributed by atoms with E-state index in [-0.39, 0.29) is 5.91 Å². The molecule has 9 heteroatoms. The van der Waals surface area contributed by atoms with Crippen LogP contribution >= 0.6 is 11.3 Å². The summed E-state index contributed by atoms with van der Waals surface area (Å²) in [6.07, 6.45) is 4.47. The van der Waals surface area contributed by atoms with E-state index in [4.69, 9.17) is 4.74 Å². The molecule has 1 amide bonds. The molecule has 0 fully saturated rings. The van der Waals surface area contributed by atoms with Crippen LogP contribution in [0.2, 0.25) is 0 Å². The van der Waals surface area contributed by atoms with E-state index in [2.05, 4.69) is 31.8 Å². The molecule has 1 aromatic carbocycles. The van der Waals surface area contributed by atoms with Crippen LogP contribution in [0.15, 0.2) is 48.8 Å². The normalized spacial score (nSPS) is 12.9. The van der Waals surface area contributed by atoms with Crippen LogP contribution in [0.4, 0.5) is 11.8 Å². The Labute approximate surface area is 195 Å². The van der Waals surface area contributed by atoms with Gasteiger partial charge in [-0.3, -0.25) is 9.48 Å². The van der Waals surface area contributed by atoms with Crippen LogP contribution in [0.5, 0.6) is 0 Å². The van der Waals surface area contributed by atoms with Crippen molar-refractivity contribution in [2.75, 3.05) is 11.9 Å². The lowest BCUT2D eigenvalue weighted by Crippen LogP contribution is -2.22. The number of anilines is 2. The maximum Gasteiger partial charge on any atom is 0.261 e. The third-order valence-corrected chi connectivity index (χ3v) is 6.77. The first-order valence-corrected chi connectivity index (χ1v) is 11.5. The Balaban J connectivity index is 1.26. The standard InChI is InChI=1S/C24H24N6O2S/c1-15-11-16(19-5-8-25-24(27-19)28-22-6-9-30(2)29-22)3-4-17(15)13-26-23(31)21-12-18-14-32-10-7-20(18)33-21/h3-6,8-9,11-12H,7,10,13-14H2,1-2H3,(H,26,31)(H,25,27,28,29). The molecule has 33 heavy (non-hydrogen) atoms. The molecule has 8 nitrogen and oxygen atoms in total. The van der Waals surface area contributed by atoms with E-state index >= 15 is 0 Å². The van der Waals surface area contributed by atoms with Gasteiger partial charge in [-0.05, 0) is 41.8 Å². The number of rotatable bonds is 6. The van der Waals surface area contributed by atoms with Gasteiger partial charge < -0.3 is 15.4 Å². The number of nitrogens with one attached hydrogen (secondary N) is 2. The van der Waals surface area contributed by atoms with Gasteiger partial charge in [0.05, 0.1) is 23.8 Å². The number of hydrogen-bond acceptors (Lipinski definition) is 7. The summed E-state index contributed by atoms with van der Waals surface area (Å²) in [7, 11) is 1.86. The Bertz CT molecular complexity index is 1290. The van der Waals surface area contributed by atoms with Crippen LogP contribution in [-0.4, -0.2) is 32.3 Å². The Hall–Kier alpha value is -3.56. The smallest absolute Gasteiger partial charge is 0.261 e. The summed E-state index contributed by atoms with van der Waals surface area (Å²) in [5, 5.41) is 10.5. The number of carbonyl (C=O) groups excluding carboxylic acids is 1. The monoisotopic (exact) mass is 460 g/mol. The predicted octanol–water partition coefficient (Wildman–Crippen LogP) is 3.99. The van der Waals surface area contributed by atoms with Crippen molar-refractivity contribution in [2.45, 2.75) is 26.5 Å². The third-order valence-electron chi connectivity index (χ3n) is 5.54. The van der Waals surface area contributed by atoms with Gasteiger partial charge in [0.1, 0.15) is 0 Å². The van der Waals surface area contributed by atoms with Crippen LogP contribution in [0, 0.1) is 6.92 Å². The number of fused-ring (bicyclic) bond motifs is 1. The minimum absolute atomic E-state index is 0.0427. The maximum atomic E-state index is 12.7. The molecular weight excluding hydrogens is 436 g/mol. The zero-order valence-corrected chi connectivity index (χ0v) is 19.3. The van der Waals surface area contributed by atoms with Gasteiger partial charge in [0, 0.05) is 48.9 Å². The predicted molar refractivity (Wildman–Crippen MR) is 128 cm³/mol. The molecule has 168 valence electrons. The minimum atomic E-state index is -0.0427. The summed E-state index contributed by atoms with van der Waals surface area (Å²) in [4.78, 5) is 23.6. The van der Waals surface area contributed by atoms with Gasteiger partial charge in [-0.15, -0.1) is 11.3 Å². The van der Waals surface area contributed by atoms with Crippen molar-refractivity contribution >= 4 is 29.0 Å². The topological polar surface area (TPSA) is 94.0 Å². The number of hydrogen-bond donors (Lipinski definition) is 2. The summed E-state index contributed by atoms with van der Waals surface area (Å²) >= 11 is 1.57. The zero-order valence-electron chi connectivity index (χ0n) is 18.5. The molecule has 4 aromatic rings. The summed E-state index contributed by atoms with van der Waals surface area (Å²) in [5.41, 5.74) is 5.09. The third kappa shape index (κ3) is 4.79. The lowest BCUT2D eigenvalue weighted by Gasteiger charge is -2.10. The van der Waals surface area contributed by atoms with Gasteiger partial charge in [-0.2, -0.15) is 5.10 Å². The summed E-state index contributed by atoms with van der Waals surface area (Å²) < 4.78 is 7.19. The summed E-state index contributed by atoms with van der Waals surface area (Å²) in [5.74, 6) is 1.14. The van der Waals surface area contributed by atoms with E-state index in [1.54, 1.807) is 22.2 Å². The molecule has 0 atom stereocenters. The van der Waals surface area contributed by atoms with Crippen molar-refractivity contribution in [2.24, 2.45) is 7.05 Å². The molecular formula is C24H24N6O2S. The summed E-state index contributed by atoms with van der Waals surface area (Å²) in [6, 6.07) is 11.8. The van der Waals surface area contributed by atoms with Crippen LogP contribution in [0.3, 0.4) is 0 Å². The van der Waals surface area contributed by atoms with Gasteiger partial charge in [-0.25, -0.2) is 9.97 Å². The van der Waals surface area contributed by atoms with Crippen molar-refractivity contribution in [3.8, 4) is 11.3 Å². The second kappa shape index (κ2) is 9.13. The first kappa shape index (κ1) is 21.3. The highest BCUT2D eigenvalue weighted by molar-refractivity contribution is 7.14. The van der Waals surface area contributed by atoms with Crippen LogP contribution < -0.4 is 10.6 Å². The van der Waals surface area contributed by atoms with Gasteiger partial charge in [0.2, 0.25) is 5.95 Å². The van der Waals surface area contributed by atoms with E-state index in [1.165, 1.54) is 4.88 Å². The van der Waals surface area contributed by atoms with Crippen molar-refractivity contribution in [3.63, 3.8) is 0 Å². The maximum absolute atomic E-state index is 12.7. The first-order chi connectivity index (χ1) is 16.0. The quantitative estimate of drug-likeness (QED) is 0.452. The van der Waals surface area contributed by atoms with Gasteiger partial charge in [-0.1, -0.05) is 12.1 Å². The highest BCUT2D eigenvalue weighted by Gasteiger charge is 2.17. The average molecular weight is 461 g/mol. The highest BCUT2D eigenvalue weighted by atomic mass is 32.1. The molecule has 1 aliphatic heterocycles. The molecule has 0 spiro atoms.